The van der Waals surface area contributed by atoms with E-state index >= 15 is 0 Å². The summed E-state index contributed by atoms with van der Waals surface area (Å²) in [5.41, 5.74) is 6.76. The lowest BCUT2D eigenvalue weighted by Crippen LogP contribution is -2.45. The zero-order valence-electron chi connectivity index (χ0n) is 9.19. The van der Waals surface area contributed by atoms with E-state index < -0.39 is 5.54 Å². The third-order valence-electron chi connectivity index (χ3n) is 3.66. The average Bonchev–Trinajstić information content (AvgIpc) is 2.80. The summed E-state index contributed by atoms with van der Waals surface area (Å²) in [5, 5.41) is 4.22. The van der Waals surface area contributed by atoms with Gasteiger partial charge in [-0.25, -0.2) is 0 Å². The van der Waals surface area contributed by atoms with Gasteiger partial charge in [0.15, 0.2) is 0 Å². The Morgan fingerprint density at radius 1 is 1.56 bits per heavy atom. The molecule has 1 atom stereocenters. The fraction of sp³-hybridized carbons (Fsp3) is 0.583. The van der Waals surface area contributed by atoms with Gasteiger partial charge in [0.1, 0.15) is 0 Å². The van der Waals surface area contributed by atoms with Crippen LogP contribution in [0.1, 0.15) is 37.3 Å². The third kappa shape index (κ3) is 1.57. The molecule has 1 saturated heterocycles. The summed E-state index contributed by atoms with van der Waals surface area (Å²) < 4.78 is 0. The molecule has 1 amide bonds. The van der Waals surface area contributed by atoms with Crippen LogP contribution >= 0.6 is 11.3 Å². The van der Waals surface area contributed by atoms with E-state index in [4.69, 9.17) is 5.73 Å². The maximum Gasteiger partial charge on any atom is 0.243 e. The highest BCUT2D eigenvalue weighted by Gasteiger charge is 2.50. The zero-order valence-corrected chi connectivity index (χ0v) is 10.0. The van der Waals surface area contributed by atoms with Crippen LogP contribution in [0.5, 0.6) is 0 Å². The van der Waals surface area contributed by atoms with Gasteiger partial charge in [0.25, 0.3) is 0 Å². The molecule has 4 heteroatoms. The lowest BCUT2D eigenvalue weighted by molar-refractivity contribution is -0.134. The first kappa shape index (κ1) is 10.3. The number of hydrogen-bond donors (Lipinski definition) is 1. The average molecular weight is 236 g/mol. The van der Waals surface area contributed by atoms with Crippen molar-refractivity contribution in [1.82, 2.24) is 4.90 Å². The van der Waals surface area contributed by atoms with E-state index in [0.29, 0.717) is 0 Å². The van der Waals surface area contributed by atoms with Gasteiger partial charge < -0.3 is 10.6 Å². The van der Waals surface area contributed by atoms with Crippen LogP contribution in [-0.2, 0) is 4.79 Å². The monoisotopic (exact) mass is 236 g/mol. The fourth-order valence-electron chi connectivity index (χ4n) is 2.46. The molecular weight excluding hydrogens is 220 g/mol. The summed E-state index contributed by atoms with van der Waals surface area (Å²) in [4.78, 5) is 14.2. The number of rotatable bonds is 2. The molecule has 1 aliphatic heterocycles. The highest BCUT2D eigenvalue weighted by Crippen LogP contribution is 2.40. The highest BCUT2D eigenvalue weighted by molar-refractivity contribution is 7.07. The van der Waals surface area contributed by atoms with Gasteiger partial charge in [-0.05, 0) is 48.1 Å². The molecule has 2 N–H and O–H groups in total. The lowest BCUT2D eigenvalue weighted by atomic mass is 10.1. The molecule has 86 valence electrons. The molecule has 0 bridgehead atoms. The Morgan fingerprint density at radius 3 is 3.00 bits per heavy atom. The zero-order chi connectivity index (χ0) is 11.2. The van der Waals surface area contributed by atoms with Gasteiger partial charge in [-0.3, -0.25) is 4.79 Å². The molecule has 2 heterocycles. The van der Waals surface area contributed by atoms with Crippen molar-refractivity contribution in [1.29, 1.82) is 0 Å². The Morgan fingerprint density at radius 2 is 2.38 bits per heavy atom. The molecule has 3 nitrogen and oxygen atoms in total. The van der Waals surface area contributed by atoms with Gasteiger partial charge in [0, 0.05) is 6.54 Å². The molecule has 0 radical (unpaired) electrons. The van der Waals surface area contributed by atoms with Crippen molar-refractivity contribution in [2.45, 2.75) is 37.3 Å². The van der Waals surface area contributed by atoms with Crippen molar-refractivity contribution in [3.63, 3.8) is 0 Å². The van der Waals surface area contributed by atoms with E-state index in [-0.39, 0.29) is 11.9 Å². The smallest absolute Gasteiger partial charge is 0.243 e. The summed E-state index contributed by atoms with van der Waals surface area (Å²) >= 11 is 1.69. The molecule has 2 aliphatic rings. The maximum absolute atomic E-state index is 12.2. The molecule has 16 heavy (non-hydrogen) atoms. The number of nitrogens with zero attached hydrogens (tertiary/aromatic N) is 1. The van der Waals surface area contributed by atoms with Crippen molar-refractivity contribution in [3.05, 3.63) is 22.4 Å². The SMILES string of the molecule is NC1(C(=O)N2CCCC2c2ccsc2)CC1. The third-order valence-corrected chi connectivity index (χ3v) is 4.36. The first-order valence-electron chi connectivity index (χ1n) is 5.83. The molecule has 0 spiro atoms. The number of carbonyl (C=O) groups excluding carboxylic acids is 1. The van der Waals surface area contributed by atoms with Crippen LogP contribution in [0.4, 0.5) is 0 Å². The second-order valence-electron chi connectivity index (χ2n) is 4.87. The molecule has 2 fully saturated rings. The normalized spacial score (nSPS) is 27.1. The van der Waals surface area contributed by atoms with E-state index in [0.717, 1.165) is 32.2 Å². The lowest BCUT2D eigenvalue weighted by Gasteiger charge is -2.27. The minimum Gasteiger partial charge on any atom is -0.334 e. The van der Waals surface area contributed by atoms with E-state index in [1.165, 1.54) is 5.56 Å². The van der Waals surface area contributed by atoms with Crippen LogP contribution in [-0.4, -0.2) is 22.9 Å². The Balaban J connectivity index is 1.82. The van der Waals surface area contributed by atoms with Crippen molar-refractivity contribution in [2.24, 2.45) is 5.73 Å². The Labute approximate surface area is 99.2 Å². The fourth-order valence-corrected chi connectivity index (χ4v) is 3.16. The number of thiophene rings is 1. The van der Waals surface area contributed by atoms with Gasteiger partial charge in [0.05, 0.1) is 11.6 Å². The Kier molecular flexibility index (Phi) is 2.30. The molecule has 1 saturated carbocycles. The van der Waals surface area contributed by atoms with E-state index in [1.54, 1.807) is 11.3 Å². The van der Waals surface area contributed by atoms with Crippen LogP contribution in [0.3, 0.4) is 0 Å². The quantitative estimate of drug-likeness (QED) is 0.852. The number of carbonyl (C=O) groups is 1. The Hall–Kier alpha value is -0.870. The maximum atomic E-state index is 12.2. The van der Waals surface area contributed by atoms with Crippen LogP contribution in [0.2, 0.25) is 0 Å². The minimum absolute atomic E-state index is 0.168. The molecule has 1 aromatic rings. The molecule has 3 rings (SSSR count). The van der Waals surface area contributed by atoms with Gasteiger partial charge in [-0.15, -0.1) is 0 Å². The number of likely N-dealkylation sites (tertiary alicyclic amines) is 1. The second-order valence-corrected chi connectivity index (χ2v) is 5.65. The molecule has 1 aromatic heterocycles. The highest BCUT2D eigenvalue weighted by atomic mass is 32.1. The number of hydrogen-bond acceptors (Lipinski definition) is 3. The van der Waals surface area contributed by atoms with Crippen molar-refractivity contribution < 1.29 is 4.79 Å². The first-order chi connectivity index (χ1) is 7.71. The molecule has 1 aliphatic carbocycles. The minimum atomic E-state index is -0.515. The molecular formula is C12H16N2OS. The predicted octanol–water partition coefficient (Wildman–Crippen LogP) is 1.90. The summed E-state index contributed by atoms with van der Waals surface area (Å²) in [5.74, 6) is 0.168. The Bertz CT molecular complexity index is 397. The van der Waals surface area contributed by atoms with Crippen LogP contribution in [0, 0.1) is 0 Å². The van der Waals surface area contributed by atoms with Gasteiger partial charge in [-0.2, -0.15) is 11.3 Å². The molecule has 1 unspecified atom stereocenters. The topological polar surface area (TPSA) is 46.3 Å². The summed E-state index contributed by atoms with van der Waals surface area (Å²) in [6.45, 7) is 0.873. The number of amides is 1. The van der Waals surface area contributed by atoms with E-state index in [1.807, 2.05) is 4.90 Å². The van der Waals surface area contributed by atoms with Crippen LogP contribution < -0.4 is 5.73 Å². The van der Waals surface area contributed by atoms with Crippen LogP contribution in [0.15, 0.2) is 16.8 Å². The van der Waals surface area contributed by atoms with E-state index in [2.05, 4.69) is 16.8 Å². The second kappa shape index (κ2) is 3.57. The number of nitrogens with two attached hydrogens (primary N) is 1. The first-order valence-corrected chi connectivity index (χ1v) is 6.77. The van der Waals surface area contributed by atoms with Crippen molar-refractivity contribution >= 4 is 17.2 Å². The standard InChI is InChI=1S/C12H16N2OS/c13-12(4-5-12)11(15)14-6-1-2-10(14)9-3-7-16-8-9/h3,7-8,10H,1-2,4-6,13H2. The van der Waals surface area contributed by atoms with Gasteiger partial charge in [-0.1, -0.05) is 0 Å². The largest absolute Gasteiger partial charge is 0.334 e. The van der Waals surface area contributed by atoms with Crippen LogP contribution in [0.25, 0.3) is 0 Å². The molecule has 0 aromatic carbocycles. The summed E-state index contributed by atoms with van der Waals surface area (Å²) in [7, 11) is 0. The van der Waals surface area contributed by atoms with Gasteiger partial charge >= 0.3 is 0 Å². The predicted molar refractivity (Wildman–Crippen MR) is 64.2 cm³/mol. The van der Waals surface area contributed by atoms with Crippen molar-refractivity contribution in [3.8, 4) is 0 Å². The van der Waals surface area contributed by atoms with Crippen molar-refractivity contribution in [2.75, 3.05) is 6.54 Å². The summed E-state index contributed by atoms with van der Waals surface area (Å²) in [6.07, 6.45) is 3.90. The van der Waals surface area contributed by atoms with E-state index in [9.17, 15) is 4.79 Å². The van der Waals surface area contributed by atoms with Gasteiger partial charge in [0.2, 0.25) is 5.91 Å². The summed E-state index contributed by atoms with van der Waals surface area (Å²) in [6, 6.07) is 2.40.